The van der Waals surface area contributed by atoms with Gasteiger partial charge in [-0.25, -0.2) is 0 Å². The normalized spacial score (nSPS) is 23.2. The van der Waals surface area contributed by atoms with E-state index in [1.807, 2.05) is 11.2 Å². The van der Waals surface area contributed by atoms with Crippen molar-refractivity contribution in [1.82, 2.24) is 9.80 Å². The second-order valence-corrected chi connectivity index (χ2v) is 4.95. The van der Waals surface area contributed by atoms with Gasteiger partial charge in [-0.2, -0.15) is 0 Å². The summed E-state index contributed by atoms with van der Waals surface area (Å²) in [5.41, 5.74) is 1.33. The molecule has 1 rings (SSSR count). The van der Waals surface area contributed by atoms with Crippen molar-refractivity contribution in [2.75, 3.05) is 33.7 Å². The van der Waals surface area contributed by atoms with Crippen molar-refractivity contribution in [3.05, 3.63) is 23.5 Å². The van der Waals surface area contributed by atoms with E-state index in [1.165, 1.54) is 5.71 Å². The molecule has 0 saturated heterocycles. The van der Waals surface area contributed by atoms with Crippen LogP contribution in [-0.2, 0) is 0 Å². The standard InChI is InChI=1S/C13H22BrN3/c1-4-13-12(11-17(3)9-6-14)10-16(2)8-5-7-15-13/h5-6,8-9,12H,4,7,10-11H2,1-3H3/b8-5-,9-6+,15-13?. The summed E-state index contributed by atoms with van der Waals surface area (Å²) in [6, 6.07) is 0. The third kappa shape index (κ3) is 4.94. The minimum Gasteiger partial charge on any atom is -0.380 e. The Hall–Kier alpha value is -0.770. The molecular formula is C13H22BrN3. The van der Waals surface area contributed by atoms with Crippen LogP contribution in [0.1, 0.15) is 13.3 Å². The number of halogens is 1. The lowest BCUT2D eigenvalue weighted by atomic mass is 9.99. The lowest BCUT2D eigenvalue weighted by molar-refractivity contribution is 0.336. The van der Waals surface area contributed by atoms with Crippen LogP contribution in [0.15, 0.2) is 28.5 Å². The molecule has 1 atom stereocenters. The molecule has 0 aliphatic carbocycles. The molecule has 4 heteroatoms. The molecule has 1 unspecified atom stereocenters. The highest BCUT2D eigenvalue weighted by Gasteiger charge is 2.18. The maximum Gasteiger partial charge on any atom is 0.0586 e. The number of hydrogen-bond donors (Lipinski definition) is 0. The molecule has 0 N–H and O–H groups in total. The molecule has 1 aliphatic heterocycles. The molecule has 0 fully saturated rings. The molecule has 0 bridgehead atoms. The Morgan fingerprint density at radius 2 is 2.41 bits per heavy atom. The van der Waals surface area contributed by atoms with Crippen LogP contribution in [-0.4, -0.2) is 49.2 Å². The van der Waals surface area contributed by atoms with Gasteiger partial charge in [0.2, 0.25) is 0 Å². The van der Waals surface area contributed by atoms with Gasteiger partial charge in [0.15, 0.2) is 0 Å². The molecule has 96 valence electrons. The minimum absolute atomic E-state index is 0.503. The van der Waals surface area contributed by atoms with Crippen LogP contribution < -0.4 is 0 Å². The van der Waals surface area contributed by atoms with Crippen LogP contribution in [0.25, 0.3) is 0 Å². The maximum atomic E-state index is 4.67. The zero-order valence-corrected chi connectivity index (χ0v) is 12.5. The van der Waals surface area contributed by atoms with Gasteiger partial charge < -0.3 is 9.80 Å². The van der Waals surface area contributed by atoms with Crippen molar-refractivity contribution in [3.63, 3.8) is 0 Å². The van der Waals surface area contributed by atoms with E-state index in [0.29, 0.717) is 5.92 Å². The van der Waals surface area contributed by atoms with Crippen LogP contribution in [0.3, 0.4) is 0 Å². The Kier molecular flexibility index (Phi) is 6.34. The highest BCUT2D eigenvalue weighted by molar-refractivity contribution is 9.11. The van der Waals surface area contributed by atoms with Crippen LogP contribution in [0, 0.1) is 5.92 Å². The monoisotopic (exact) mass is 299 g/mol. The Morgan fingerprint density at radius 1 is 1.65 bits per heavy atom. The SMILES string of the molecule is CCC1=NC/C=C\N(C)CC1CN(C)/C=C/Br. The molecule has 0 amide bonds. The highest BCUT2D eigenvalue weighted by atomic mass is 79.9. The lowest BCUT2D eigenvalue weighted by Gasteiger charge is -2.28. The zero-order chi connectivity index (χ0) is 12.7. The Labute approximate surface area is 113 Å². The van der Waals surface area contributed by atoms with E-state index >= 15 is 0 Å². The van der Waals surface area contributed by atoms with E-state index in [0.717, 1.165) is 26.1 Å². The summed E-state index contributed by atoms with van der Waals surface area (Å²) in [5, 5.41) is 0. The molecule has 3 nitrogen and oxygen atoms in total. The summed E-state index contributed by atoms with van der Waals surface area (Å²) in [4.78, 5) is 11.0. The molecule has 1 aliphatic rings. The van der Waals surface area contributed by atoms with Gasteiger partial charge >= 0.3 is 0 Å². The first-order chi connectivity index (χ1) is 8.17. The maximum absolute atomic E-state index is 4.67. The smallest absolute Gasteiger partial charge is 0.0586 e. The number of aliphatic imine (C=N–C) groups is 1. The zero-order valence-electron chi connectivity index (χ0n) is 10.9. The lowest BCUT2D eigenvalue weighted by Crippen LogP contribution is -2.35. The van der Waals surface area contributed by atoms with Crippen LogP contribution in [0.5, 0.6) is 0 Å². The summed E-state index contributed by atoms with van der Waals surface area (Å²) in [5.74, 6) is 0.503. The van der Waals surface area contributed by atoms with Crippen molar-refractivity contribution < 1.29 is 0 Å². The van der Waals surface area contributed by atoms with E-state index in [4.69, 9.17) is 0 Å². The van der Waals surface area contributed by atoms with Gasteiger partial charge in [-0.3, -0.25) is 4.99 Å². The van der Waals surface area contributed by atoms with E-state index in [2.05, 4.69) is 64.0 Å². The summed E-state index contributed by atoms with van der Waals surface area (Å²) in [6.45, 7) is 5.04. The summed E-state index contributed by atoms with van der Waals surface area (Å²) in [6.07, 6.45) is 7.33. The van der Waals surface area contributed by atoms with E-state index in [1.54, 1.807) is 0 Å². The fourth-order valence-electron chi connectivity index (χ4n) is 2.11. The first-order valence-corrected chi connectivity index (χ1v) is 6.96. The predicted octanol–water partition coefficient (Wildman–Crippen LogP) is 2.71. The van der Waals surface area contributed by atoms with Gasteiger partial charge in [0, 0.05) is 45.0 Å². The molecule has 0 saturated carbocycles. The topological polar surface area (TPSA) is 18.8 Å². The van der Waals surface area contributed by atoms with Gasteiger partial charge in [-0.1, -0.05) is 22.9 Å². The molecule has 0 aromatic carbocycles. The Morgan fingerprint density at radius 3 is 3.06 bits per heavy atom. The van der Waals surface area contributed by atoms with Gasteiger partial charge in [-0.05, 0) is 23.7 Å². The first-order valence-electron chi connectivity index (χ1n) is 6.04. The fourth-order valence-corrected chi connectivity index (χ4v) is 2.51. The largest absolute Gasteiger partial charge is 0.380 e. The van der Waals surface area contributed by atoms with Crippen LogP contribution in [0.2, 0.25) is 0 Å². The quantitative estimate of drug-likeness (QED) is 0.795. The van der Waals surface area contributed by atoms with Gasteiger partial charge in [0.1, 0.15) is 0 Å². The van der Waals surface area contributed by atoms with Crippen molar-refractivity contribution in [2.45, 2.75) is 13.3 Å². The third-order valence-corrected chi connectivity index (χ3v) is 3.16. The molecule has 0 aromatic heterocycles. The van der Waals surface area contributed by atoms with Crippen LogP contribution in [0.4, 0.5) is 0 Å². The molecule has 17 heavy (non-hydrogen) atoms. The third-order valence-electron chi connectivity index (χ3n) is 2.92. The number of nitrogens with zero attached hydrogens (tertiary/aromatic N) is 3. The second kappa shape index (κ2) is 7.54. The van der Waals surface area contributed by atoms with Crippen molar-refractivity contribution in [2.24, 2.45) is 10.9 Å². The Bertz CT molecular complexity index is 310. The Balaban J connectivity index is 2.72. The summed E-state index contributed by atoms with van der Waals surface area (Å²) < 4.78 is 0. The predicted molar refractivity (Wildman–Crippen MR) is 78.6 cm³/mol. The molecular weight excluding hydrogens is 278 g/mol. The van der Waals surface area contributed by atoms with Crippen molar-refractivity contribution in [1.29, 1.82) is 0 Å². The average Bonchev–Trinajstić information content (AvgIpc) is 2.26. The number of hydrogen-bond acceptors (Lipinski definition) is 3. The molecule has 1 heterocycles. The first kappa shape index (κ1) is 14.3. The second-order valence-electron chi connectivity index (χ2n) is 4.42. The average molecular weight is 300 g/mol. The van der Waals surface area contributed by atoms with Crippen molar-refractivity contribution in [3.8, 4) is 0 Å². The van der Waals surface area contributed by atoms with E-state index in [-0.39, 0.29) is 0 Å². The molecule has 0 aromatic rings. The molecule has 0 radical (unpaired) electrons. The van der Waals surface area contributed by atoms with Gasteiger partial charge in [0.05, 0.1) is 6.54 Å². The number of rotatable bonds is 4. The van der Waals surface area contributed by atoms with Gasteiger partial charge in [-0.15, -0.1) is 0 Å². The van der Waals surface area contributed by atoms with Gasteiger partial charge in [0.25, 0.3) is 0 Å². The highest BCUT2D eigenvalue weighted by Crippen LogP contribution is 2.11. The molecule has 0 spiro atoms. The van der Waals surface area contributed by atoms with E-state index < -0.39 is 0 Å². The summed E-state index contributed by atoms with van der Waals surface area (Å²) >= 11 is 3.31. The van der Waals surface area contributed by atoms with E-state index in [9.17, 15) is 0 Å². The van der Waals surface area contributed by atoms with Crippen LogP contribution >= 0.6 is 15.9 Å². The summed E-state index contributed by atoms with van der Waals surface area (Å²) in [7, 11) is 4.22. The minimum atomic E-state index is 0.503. The van der Waals surface area contributed by atoms with Crippen molar-refractivity contribution >= 4 is 21.6 Å². The fraction of sp³-hybridized carbons (Fsp3) is 0.615.